The lowest BCUT2D eigenvalue weighted by atomic mass is 9.85. The molecule has 2 unspecified atom stereocenters. The van der Waals surface area contributed by atoms with Crippen LogP contribution in [0.4, 0.5) is 10.1 Å². The molecule has 2 atom stereocenters. The first-order valence-electron chi connectivity index (χ1n) is 8.93. The Morgan fingerprint density at radius 1 is 0.964 bits per heavy atom. The molecule has 138 valence electrons. The maximum atomic E-state index is 13.4. The number of rotatable bonds is 4. The molecule has 1 heterocycles. The third-order valence-corrected chi connectivity index (χ3v) is 4.86. The second kappa shape index (κ2) is 7.53. The highest BCUT2D eigenvalue weighted by Crippen LogP contribution is 2.37. The van der Waals surface area contributed by atoms with Crippen molar-refractivity contribution in [3.63, 3.8) is 0 Å². The fourth-order valence-electron chi connectivity index (χ4n) is 3.47. The number of nitriles is 1. The van der Waals surface area contributed by atoms with Crippen LogP contribution in [0.25, 0.3) is 0 Å². The van der Waals surface area contributed by atoms with E-state index < -0.39 is 6.04 Å². The molecule has 0 N–H and O–H groups in total. The first-order valence-corrected chi connectivity index (χ1v) is 8.93. The molecule has 0 radical (unpaired) electrons. The van der Waals surface area contributed by atoms with Gasteiger partial charge in [0.25, 0.3) is 0 Å². The summed E-state index contributed by atoms with van der Waals surface area (Å²) >= 11 is 0. The maximum Gasteiger partial charge on any atom is 0.151 e. The van der Waals surface area contributed by atoms with Crippen molar-refractivity contribution in [1.29, 1.82) is 5.26 Å². The molecule has 3 aromatic rings. The number of hydrogen-bond acceptors (Lipinski definition) is 4. The summed E-state index contributed by atoms with van der Waals surface area (Å²) in [6.07, 6.45) is 0. The number of hydrogen-bond donors (Lipinski definition) is 0. The van der Waals surface area contributed by atoms with E-state index >= 15 is 0 Å². The second-order valence-electron chi connectivity index (χ2n) is 6.50. The number of anilines is 1. The number of methoxy groups -OCH3 is 1. The Morgan fingerprint density at radius 2 is 1.64 bits per heavy atom. The van der Waals surface area contributed by atoms with E-state index in [4.69, 9.17) is 9.84 Å². The van der Waals surface area contributed by atoms with Crippen LogP contribution in [0.3, 0.4) is 0 Å². The van der Waals surface area contributed by atoms with Crippen LogP contribution in [-0.2, 0) is 0 Å². The maximum absolute atomic E-state index is 13.4. The Labute approximate surface area is 163 Å². The minimum Gasteiger partial charge on any atom is -0.497 e. The lowest BCUT2D eigenvalue weighted by Gasteiger charge is -2.22. The highest BCUT2D eigenvalue weighted by Gasteiger charge is 2.40. The molecule has 0 spiro atoms. The molecule has 0 aromatic heterocycles. The monoisotopic (exact) mass is 371 g/mol. The Hall–Kier alpha value is -3.65. The lowest BCUT2D eigenvalue weighted by molar-refractivity contribution is 0.414. The average Bonchev–Trinajstić information content (AvgIpc) is 3.14. The molecular formula is C23H18FN3O. The van der Waals surface area contributed by atoms with E-state index in [0.717, 1.165) is 28.3 Å². The highest BCUT2D eigenvalue weighted by molar-refractivity contribution is 6.08. The minimum atomic E-state index is -0.518. The molecule has 4 nitrogen and oxygen atoms in total. The average molecular weight is 371 g/mol. The zero-order valence-corrected chi connectivity index (χ0v) is 15.3. The van der Waals surface area contributed by atoms with Gasteiger partial charge in [-0.1, -0.05) is 42.5 Å². The van der Waals surface area contributed by atoms with Gasteiger partial charge in [0.05, 0.1) is 30.5 Å². The van der Waals surface area contributed by atoms with Crippen LogP contribution in [0.15, 0.2) is 84.0 Å². The van der Waals surface area contributed by atoms with Crippen molar-refractivity contribution in [2.45, 2.75) is 12.0 Å². The number of ether oxygens (including phenoxy) is 1. The normalized spacial score (nSPS) is 18.5. The van der Waals surface area contributed by atoms with Gasteiger partial charge in [-0.2, -0.15) is 10.4 Å². The molecule has 1 aliphatic heterocycles. The molecular weight excluding hydrogens is 353 g/mol. The first-order chi connectivity index (χ1) is 13.7. The van der Waals surface area contributed by atoms with E-state index in [-0.39, 0.29) is 11.7 Å². The van der Waals surface area contributed by atoms with Gasteiger partial charge in [0.15, 0.2) is 6.04 Å². The number of para-hydroxylation sites is 1. The van der Waals surface area contributed by atoms with Crippen molar-refractivity contribution in [3.05, 3.63) is 95.8 Å². The van der Waals surface area contributed by atoms with Gasteiger partial charge in [0.1, 0.15) is 11.6 Å². The summed E-state index contributed by atoms with van der Waals surface area (Å²) in [4.78, 5) is 0. The summed E-state index contributed by atoms with van der Waals surface area (Å²) in [6.45, 7) is 0. The molecule has 0 bridgehead atoms. The first kappa shape index (κ1) is 17.7. The molecule has 1 aliphatic rings. The van der Waals surface area contributed by atoms with Gasteiger partial charge in [0, 0.05) is 0 Å². The van der Waals surface area contributed by atoms with E-state index in [1.54, 1.807) is 24.3 Å². The lowest BCUT2D eigenvalue weighted by Crippen LogP contribution is -2.30. The van der Waals surface area contributed by atoms with Crippen LogP contribution in [0, 0.1) is 17.1 Å². The molecule has 5 heteroatoms. The van der Waals surface area contributed by atoms with Gasteiger partial charge in [-0.3, -0.25) is 0 Å². The molecule has 0 fully saturated rings. The van der Waals surface area contributed by atoms with Crippen molar-refractivity contribution >= 4 is 11.4 Å². The van der Waals surface area contributed by atoms with Gasteiger partial charge in [-0.15, -0.1) is 0 Å². The van der Waals surface area contributed by atoms with Gasteiger partial charge < -0.3 is 4.74 Å². The van der Waals surface area contributed by atoms with Crippen LogP contribution >= 0.6 is 0 Å². The largest absolute Gasteiger partial charge is 0.497 e. The summed E-state index contributed by atoms with van der Waals surface area (Å²) in [7, 11) is 1.62. The van der Waals surface area contributed by atoms with Crippen LogP contribution < -0.4 is 9.75 Å². The Balaban J connectivity index is 1.83. The zero-order valence-electron chi connectivity index (χ0n) is 15.3. The number of hydrazone groups is 1. The molecule has 4 rings (SSSR count). The molecule has 0 saturated heterocycles. The van der Waals surface area contributed by atoms with Crippen LogP contribution in [-0.4, -0.2) is 18.9 Å². The van der Waals surface area contributed by atoms with Crippen molar-refractivity contribution in [2.75, 3.05) is 12.1 Å². The van der Waals surface area contributed by atoms with Crippen LogP contribution in [0.2, 0.25) is 0 Å². The van der Waals surface area contributed by atoms with Gasteiger partial charge in [0.2, 0.25) is 0 Å². The van der Waals surface area contributed by atoms with E-state index in [9.17, 15) is 9.65 Å². The standard InChI is InChI=1S/C23H18FN3O/c1-28-20-13-9-16(10-14-20)22-21(15-25)27(19-5-3-2-4-6-19)26-23(22)17-7-11-18(24)12-8-17/h2-14,21-22H,1H3. The Kier molecular flexibility index (Phi) is 4.77. The number of benzene rings is 3. The van der Waals surface area contributed by atoms with Crippen molar-refractivity contribution < 1.29 is 9.13 Å². The zero-order chi connectivity index (χ0) is 19.5. The molecule has 28 heavy (non-hydrogen) atoms. The predicted molar refractivity (Wildman–Crippen MR) is 107 cm³/mol. The second-order valence-corrected chi connectivity index (χ2v) is 6.50. The fraction of sp³-hybridized carbons (Fsp3) is 0.130. The van der Waals surface area contributed by atoms with E-state index in [0.29, 0.717) is 0 Å². The minimum absolute atomic E-state index is 0.276. The third kappa shape index (κ3) is 3.21. The SMILES string of the molecule is COc1ccc(C2C(c3ccc(F)cc3)=NN(c3ccccc3)C2C#N)cc1. The smallest absolute Gasteiger partial charge is 0.151 e. The summed E-state index contributed by atoms with van der Waals surface area (Å²) in [6, 6.07) is 25.4. The number of halogens is 1. The molecule has 0 saturated carbocycles. The van der Waals surface area contributed by atoms with Crippen molar-refractivity contribution in [1.82, 2.24) is 0 Å². The fourth-order valence-corrected chi connectivity index (χ4v) is 3.47. The van der Waals surface area contributed by atoms with Gasteiger partial charge in [-0.05, 0) is 47.5 Å². The Morgan fingerprint density at radius 3 is 2.25 bits per heavy atom. The third-order valence-electron chi connectivity index (χ3n) is 4.86. The molecule has 0 aliphatic carbocycles. The summed E-state index contributed by atoms with van der Waals surface area (Å²) < 4.78 is 18.7. The van der Waals surface area contributed by atoms with Gasteiger partial charge >= 0.3 is 0 Å². The number of nitrogens with zero attached hydrogens (tertiary/aromatic N) is 3. The van der Waals surface area contributed by atoms with Crippen molar-refractivity contribution in [3.8, 4) is 11.8 Å². The van der Waals surface area contributed by atoms with E-state index in [1.807, 2.05) is 54.6 Å². The topological polar surface area (TPSA) is 48.6 Å². The van der Waals surface area contributed by atoms with Gasteiger partial charge in [-0.25, -0.2) is 9.40 Å². The van der Waals surface area contributed by atoms with E-state index in [2.05, 4.69) is 6.07 Å². The highest BCUT2D eigenvalue weighted by atomic mass is 19.1. The predicted octanol–water partition coefficient (Wildman–Crippen LogP) is 4.73. The van der Waals surface area contributed by atoms with E-state index in [1.165, 1.54) is 12.1 Å². The molecule has 0 amide bonds. The molecule has 3 aromatic carbocycles. The van der Waals surface area contributed by atoms with Crippen molar-refractivity contribution in [2.24, 2.45) is 5.10 Å². The van der Waals surface area contributed by atoms with Crippen LogP contribution in [0.1, 0.15) is 17.0 Å². The quantitative estimate of drug-likeness (QED) is 0.666. The summed E-state index contributed by atoms with van der Waals surface area (Å²) in [5.41, 5.74) is 3.32. The Bertz CT molecular complexity index is 1020. The van der Waals surface area contributed by atoms with Crippen LogP contribution in [0.5, 0.6) is 5.75 Å². The summed E-state index contributed by atoms with van der Waals surface area (Å²) in [5.74, 6) is 0.164. The summed E-state index contributed by atoms with van der Waals surface area (Å²) in [5, 5.41) is 16.5.